The number of benzene rings is 1. The Morgan fingerprint density at radius 3 is 2.65 bits per heavy atom. The van der Waals surface area contributed by atoms with E-state index in [-0.39, 0.29) is 0 Å². The Hall–Kier alpha value is -0.740. The van der Waals surface area contributed by atoms with Crippen LogP contribution in [-0.4, -0.2) is 10.2 Å². The second kappa shape index (κ2) is 5.27. The summed E-state index contributed by atoms with van der Waals surface area (Å²) in [6, 6.07) is 6.42. The molecule has 0 N–H and O–H groups in total. The number of nitrogens with zero attached hydrogens (tertiary/aromatic N) is 2. The van der Waals surface area contributed by atoms with E-state index in [1.807, 2.05) is 0 Å². The summed E-state index contributed by atoms with van der Waals surface area (Å²) < 4.78 is 0. The van der Waals surface area contributed by atoms with Crippen LogP contribution in [0.3, 0.4) is 0 Å². The van der Waals surface area contributed by atoms with Gasteiger partial charge in [0.1, 0.15) is 10.0 Å². The van der Waals surface area contributed by atoms with Gasteiger partial charge >= 0.3 is 0 Å². The highest BCUT2D eigenvalue weighted by Gasteiger charge is 2.12. The molecule has 2 rings (SSSR count). The molecule has 4 heteroatoms. The molecule has 2 aromatic rings. The normalized spacial score (nSPS) is 12.7. The largest absolute Gasteiger partial charge is 0.147 e. The van der Waals surface area contributed by atoms with E-state index in [9.17, 15) is 0 Å². The van der Waals surface area contributed by atoms with E-state index in [2.05, 4.69) is 65.1 Å². The SMILES string of the molecule is CCC(Br)c1nnc(-c2ccc(C)c(C)c2)s1. The van der Waals surface area contributed by atoms with Crippen LogP contribution in [0.5, 0.6) is 0 Å². The van der Waals surface area contributed by atoms with E-state index in [4.69, 9.17) is 0 Å². The zero-order chi connectivity index (χ0) is 12.4. The van der Waals surface area contributed by atoms with Crippen molar-refractivity contribution in [1.29, 1.82) is 0 Å². The van der Waals surface area contributed by atoms with Crippen molar-refractivity contribution in [3.63, 3.8) is 0 Å². The van der Waals surface area contributed by atoms with E-state index >= 15 is 0 Å². The molecule has 0 aliphatic heterocycles. The molecule has 1 atom stereocenters. The topological polar surface area (TPSA) is 25.8 Å². The summed E-state index contributed by atoms with van der Waals surface area (Å²) >= 11 is 5.27. The summed E-state index contributed by atoms with van der Waals surface area (Å²) in [5.74, 6) is 0. The van der Waals surface area contributed by atoms with Gasteiger partial charge in [0.25, 0.3) is 0 Å². The molecule has 1 aromatic heterocycles. The lowest BCUT2D eigenvalue weighted by Gasteiger charge is -2.01. The van der Waals surface area contributed by atoms with Gasteiger partial charge in [-0.1, -0.05) is 46.3 Å². The molecule has 1 aromatic carbocycles. The highest BCUT2D eigenvalue weighted by molar-refractivity contribution is 9.09. The van der Waals surface area contributed by atoms with Gasteiger partial charge < -0.3 is 0 Å². The van der Waals surface area contributed by atoms with Crippen LogP contribution < -0.4 is 0 Å². The minimum atomic E-state index is 0.320. The molecule has 17 heavy (non-hydrogen) atoms. The Morgan fingerprint density at radius 1 is 1.24 bits per heavy atom. The highest BCUT2D eigenvalue weighted by atomic mass is 79.9. The van der Waals surface area contributed by atoms with Gasteiger partial charge in [-0.15, -0.1) is 10.2 Å². The van der Waals surface area contributed by atoms with Crippen molar-refractivity contribution in [2.24, 2.45) is 0 Å². The monoisotopic (exact) mass is 310 g/mol. The molecule has 0 spiro atoms. The first-order valence-electron chi connectivity index (χ1n) is 5.67. The molecule has 1 heterocycles. The van der Waals surface area contributed by atoms with Crippen LogP contribution in [0.15, 0.2) is 18.2 Å². The molecular weight excluding hydrogens is 296 g/mol. The number of aryl methyl sites for hydroxylation is 2. The molecule has 0 aliphatic carbocycles. The molecular formula is C13H15BrN2S. The summed E-state index contributed by atoms with van der Waals surface area (Å²) in [6.07, 6.45) is 1.03. The second-order valence-corrected chi connectivity index (χ2v) is 6.23. The lowest BCUT2D eigenvalue weighted by atomic mass is 10.1. The Balaban J connectivity index is 2.33. The molecule has 0 saturated heterocycles. The third kappa shape index (κ3) is 2.75. The summed E-state index contributed by atoms with van der Waals surface area (Å²) in [5.41, 5.74) is 3.77. The second-order valence-electron chi connectivity index (χ2n) is 4.12. The maximum Gasteiger partial charge on any atom is 0.147 e. The molecule has 90 valence electrons. The third-order valence-corrected chi connectivity index (χ3v) is 5.29. The van der Waals surface area contributed by atoms with Gasteiger partial charge in [-0.05, 0) is 37.5 Å². The Labute approximate surface area is 114 Å². The molecule has 0 aliphatic rings. The number of alkyl halides is 1. The fourth-order valence-electron chi connectivity index (χ4n) is 1.53. The van der Waals surface area contributed by atoms with Gasteiger partial charge in [-0.3, -0.25) is 0 Å². The third-order valence-electron chi connectivity index (χ3n) is 2.82. The predicted molar refractivity (Wildman–Crippen MR) is 76.8 cm³/mol. The van der Waals surface area contributed by atoms with Crippen LogP contribution in [0, 0.1) is 13.8 Å². The fourth-order valence-corrected chi connectivity index (χ4v) is 2.80. The summed E-state index contributed by atoms with van der Waals surface area (Å²) in [7, 11) is 0. The van der Waals surface area contributed by atoms with Crippen molar-refractivity contribution in [2.75, 3.05) is 0 Å². The molecule has 0 saturated carbocycles. The summed E-state index contributed by atoms with van der Waals surface area (Å²) in [4.78, 5) is 0.320. The van der Waals surface area contributed by atoms with E-state index in [1.54, 1.807) is 11.3 Å². The maximum absolute atomic E-state index is 4.26. The molecule has 0 radical (unpaired) electrons. The lowest BCUT2D eigenvalue weighted by molar-refractivity contribution is 0.870. The van der Waals surface area contributed by atoms with Gasteiger partial charge in [0, 0.05) is 5.56 Å². The van der Waals surface area contributed by atoms with Crippen molar-refractivity contribution in [2.45, 2.75) is 32.0 Å². The van der Waals surface area contributed by atoms with Crippen molar-refractivity contribution in [3.05, 3.63) is 34.3 Å². The van der Waals surface area contributed by atoms with E-state index in [0.29, 0.717) is 4.83 Å². The minimum absolute atomic E-state index is 0.320. The smallest absolute Gasteiger partial charge is 0.142 e. The average molecular weight is 311 g/mol. The Kier molecular flexibility index (Phi) is 3.94. The molecule has 2 nitrogen and oxygen atoms in total. The van der Waals surface area contributed by atoms with Crippen LogP contribution in [0.25, 0.3) is 10.6 Å². The number of hydrogen-bond acceptors (Lipinski definition) is 3. The van der Waals surface area contributed by atoms with Crippen LogP contribution in [0.1, 0.15) is 34.3 Å². The number of aromatic nitrogens is 2. The van der Waals surface area contributed by atoms with Gasteiger partial charge in [0.2, 0.25) is 0 Å². The van der Waals surface area contributed by atoms with E-state index in [0.717, 1.165) is 22.0 Å². The van der Waals surface area contributed by atoms with Gasteiger partial charge in [0.15, 0.2) is 0 Å². The zero-order valence-corrected chi connectivity index (χ0v) is 12.6. The van der Waals surface area contributed by atoms with Crippen LogP contribution in [0.2, 0.25) is 0 Å². The Morgan fingerprint density at radius 2 is 2.00 bits per heavy atom. The van der Waals surface area contributed by atoms with Crippen molar-refractivity contribution < 1.29 is 0 Å². The summed E-state index contributed by atoms with van der Waals surface area (Å²) in [5, 5.41) is 10.6. The minimum Gasteiger partial charge on any atom is -0.142 e. The fraction of sp³-hybridized carbons (Fsp3) is 0.385. The van der Waals surface area contributed by atoms with Gasteiger partial charge in [0.05, 0.1) is 4.83 Å². The molecule has 0 amide bonds. The van der Waals surface area contributed by atoms with Gasteiger partial charge in [-0.25, -0.2) is 0 Å². The molecule has 1 unspecified atom stereocenters. The maximum atomic E-state index is 4.26. The standard InChI is InChI=1S/C13H15BrN2S/c1-4-11(14)13-16-15-12(17-13)10-6-5-8(2)9(3)7-10/h5-7,11H,4H2,1-3H3. The van der Waals surface area contributed by atoms with E-state index < -0.39 is 0 Å². The lowest BCUT2D eigenvalue weighted by Crippen LogP contribution is -1.85. The molecule has 0 bridgehead atoms. The first-order chi connectivity index (χ1) is 8.11. The number of hydrogen-bond donors (Lipinski definition) is 0. The van der Waals surface area contributed by atoms with Crippen molar-refractivity contribution in [1.82, 2.24) is 10.2 Å². The Bertz CT molecular complexity index is 522. The van der Waals surface area contributed by atoms with Crippen molar-refractivity contribution >= 4 is 27.3 Å². The zero-order valence-electron chi connectivity index (χ0n) is 10.2. The summed E-state index contributed by atoms with van der Waals surface area (Å²) in [6.45, 7) is 6.38. The first kappa shape index (κ1) is 12.7. The highest BCUT2D eigenvalue weighted by Crippen LogP contribution is 2.32. The van der Waals surface area contributed by atoms with Crippen LogP contribution >= 0.6 is 27.3 Å². The quantitative estimate of drug-likeness (QED) is 0.770. The number of halogens is 1. The van der Waals surface area contributed by atoms with Gasteiger partial charge in [-0.2, -0.15) is 0 Å². The predicted octanol–water partition coefficient (Wildman–Crippen LogP) is 4.67. The number of rotatable bonds is 3. The first-order valence-corrected chi connectivity index (χ1v) is 7.40. The van der Waals surface area contributed by atoms with Crippen LogP contribution in [0.4, 0.5) is 0 Å². The van der Waals surface area contributed by atoms with E-state index in [1.165, 1.54) is 11.1 Å². The average Bonchev–Trinajstić information content (AvgIpc) is 2.81. The molecule has 0 fully saturated rings. The van der Waals surface area contributed by atoms with Crippen LogP contribution in [-0.2, 0) is 0 Å². The van der Waals surface area contributed by atoms with Crippen molar-refractivity contribution in [3.8, 4) is 10.6 Å².